The Morgan fingerprint density at radius 2 is 1.26 bits per heavy atom. The second kappa shape index (κ2) is 14.0. The maximum absolute atomic E-state index is 9.30. The maximum Gasteiger partial charge on any atom is -0.0667 e. The molecule has 0 fully saturated rings. The van der Waals surface area contributed by atoms with Crippen LogP contribution < -0.4 is 10.2 Å². The number of rotatable bonds is 4. The third-order valence-electron chi connectivity index (χ3n) is 2.27. The number of allylic oxidation sites excluding steroid dienone is 8. The molecular weight excluding hydrogens is 272 g/mol. The van der Waals surface area contributed by atoms with Crippen LogP contribution in [0.25, 0.3) is 0 Å². The standard InChI is InChI=1S/2C5H5.2C3H7O.Ti/c2*1-2-4-5-3-1;2*1-2-3-4;/h2*1-3H,4H2;2*2-3H2,1H3;/q;;2*-1;+2. The zero-order valence-electron chi connectivity index (χ0n) is 12.0. The Bertz CT molecular complexity index is 292. The fourth-order valence-corrected chi connectivity index (χ4v) is 3.18. The van der Waals surface area contributed by atoms with Crippen molar-refractivity contribution in [1.82, 2.24) is 0 Å². The molecule has 0 bridgehead atoms. The summed E-state index contributed by atoms with van der Waals surface area (Å²) in [6, 6.07) is 0. The van der Waals surface area contributed by atoms with Gasteiger partial charge in [0.15, 0.2) is 0 Å². The van der Waals surface area contributed by atoms with Crippen molar-refractivity contribution < 1.29 is 29.4 Å². The zero-order chi connectivity index (χ0) is 14.3. The third kappa shape index (κ3) is 11.1. The predicted octanol–water partition coefficient (Wildman–Crippen LogP) is 2.27. The second-order valence-electron chi connectivity index (χ2n) is 4.18. The first-order chi connectivity index (χ1) is 9.28. The van der Waals surface area contributed by atoms with Crippen molar-refractivity contribution in [3.05, 3.63) is 44.2 Å². The number of hydrogen-bond donors (Lipinski definition) is 0. The molecule has 0 unspecified atom stereocenters. The van der Waals surface area contributed by atoms with Gasteiger partial charge in [-0.3, -0.25) is 0 Å². The van der Waals surface area contributed by atoms with E-state index in [1.165, 1.54) is 12.8 Å². The van der Waals surface area contributed by atoms with Crippen LogP contribution in [0.3, 0.4) is 0 Å². The third-order valence-corrected chi connectivity index (χ3v) is 4.43. The molecule has 0 aromatic heterocycles. The molecule has 0 heterocycles. The number of hydrogen-bond acceptors (Lipinski definition) is 2. The van der Waals surface area contributed by atoms with Gasteiger partial charge < -0.3 is 10.2 Å². The van der Waals surface area contributed by atoms with Crippen LogP contribution in [0.15, 0.2) is 44.2 Å². The van der Waals surface area contributed by atoms with Gasteiger partial charge in [0.1, 0.15) is 0 Å². The van der Waals surface area contributed by atoms with Gasteiger partial charge in [-0.05, 0) is 0 Å². The summed E-state index contributed by atoms with van der Waals surface area (Å²) in [5.41, 5.74) is 0. The Balaban J connectivity index is 0.000000342. The summed E-state index contributed by atoms with van der Waals surface area (Å²) in [6.07, 6.45) is 17.4. The van der Waals surface area contributed by atoms with Crippen molar-refractivity contribution in [2.24, 2.45) is 0 Å². The first kappa shape index (κ1) is 18.6. The van der Waals surface area contributed by atoms with Crippen molar-refractivity contribution >= 4 is 0 Å². The molecule has 104 valence electrons. The molecule has 0 aromatic rings. The van der Waals surface area contributed by atoms with E-state index >= 15 is 0 Å². The van der Waals surface area contributed by atoms with Gasteiger partial charge in [-0.15, -0.1) is 13.2 Å². The minimum atomic E-state index is 0.0694. The van der Waals surface area contributed by atoms with Gasteiger partial charge in [-0.1, -0.05) is 26.7 Å². The van der Waals surface area contributed by atoms with Crippen LogP contribution in [0.4, 0.5) is 0 Å². The van der Waals surface area contributed by atoms with Gasteiger partial charge in [0.2, 0.25) is 0 Å². The van der Waals surface area contributed by atoms with E-state index in [1.807, 2.05) is 13.8 Å². The SMILES string of the molecule is C1=CC[C]([Ti+2][C]2=CC=CC2)=C1.CCC[O-].CCC[O-]. The van der Waals surface area contributed by atoms with Crippen LogP contribution in [0, 0.1) is 0 Å². The zero-order valence-corrected chi connectivity index (χ0v) is 13.6. The summed E-state index contributed by atoms with van der Waals surface area (Å²) in [5, 5.41) is 18.6. The summed E-state index contributed by atoms with van der Waals surface area (Å²) in [4.78, 5) is 0. The molecule has 0 aliphatic heterocycles. The smallest absolute Gasteiger partial charge is 0.0667 e. The monoisotopic (exact) mass is 296 g/mol. The minimum absolute atomic E-state index is 0.0694. The first-order valence-electron chi connectivity index (χ1n) is 6.93. The van der Waals surface area contributed by atoms with Crippen molar-refractivity contribution in [2.75, 3.05) is 13.2 Å². The molecule has 0 spiro atoms. The van der Waals surface area contributed by atoms with Crippen LogP contribution in [0.2, 0.25) is 0 Å². The summed E-state index contributed by atoms with van der Waals surface area (Å²) >= 11 is 0.0833. The Morgan fingerprint density at radius 1 is 0.895 bits per heavy atom. The summed E-state index contributed by atoms with van der Waals surface area (Å²) in [7, 11) is 0. The van der Waals surface area contributed by atoms with Crippen LogP contribution in [-0.2, 0) is 19.2 Å². The average molecular weight is 296 g/mol. The van der Waals surface area contributed by atoms with Crippen molar-refractivity contribution in [2.45, 2.75) is 39.5 Å². The maximum atomic E-state index is 9.30. The Morgan fingerprint density at radius 3 is 1.47 bits per heavy atom. The Kier molecular flexibility index (Phi) is 13.7. The first-order valence-corrected chi connectivity index (χ1v) is 8.49. The van der Waals surface area contributed by atoms with Gasteiger partial charge in [0, 0.05) is 0 Å². The van der Waals surface area contributed by atoms with E-state index in [0.29, 0.717) is 0 Å². The van der Waals surface area contributed by atoms with Gasteiger partial charge in [0.25, 0.3) is 0 Å². The van der Waals surface area contributed by atoms with Gasteiger partial charge >= 0.3 is 76.2 Å². The molecule has 2 aliphatic rings. The quantitative estimate of drug-likeness (QED) is 0.747. The molecule has 2 aliphatic carbocycles. The molecular formula is C16H24O2Ti. The molecule has 0 saturated heterocycles. The molecule has 0 atom stereocenters. The topological polar surface area (TPSA) is 46.1 Å². The normalized spacial score (nSPS) is 14.7. The van der Waals surface area contributed by atoms with Crippen LogP contribution >= 0.6 is 0 Å². The van der Waals surface area contributed by atoms with E-state index in [0.717, 1.165) is 12.8 Å². The van der Waals surface area contributed by atoms with E-state index < -0.39 is 0 Å². The van der Waals surface area contributed by atoms with Crippen LogP contribution in [0.5, 0.6) is 0 Å². The average Bonchev–Trinajstić information content (AvgIpc) is 3.13. The van der Waals surface area contributed by atoms with Crippen LogP contribution in [-0.4, -0.2) is 13.2 Å². The molecule has 3 heteroatoms. The second-order valence-corrected chi connectivity index (χ2v) is 6.58. The minimum Gasteiger partial charge on any atom is -0.854 e. The van der Waals surface area contributed by atoms with E-state index in [9.17, 15) is 10.2 Å². The molecule has 0 saturated carbocycles. The Hall–Kier alpha value is -0.406. The van der Waals surface area contributed by atoms with E-state index in [1.54, 1.807) is 7.76 Å². The molecule has 2 rings (SSSR count). The van der Waals surface area contributed by atoms with Crippen molar-refractivity contribution in [3.63, 3.8) is 0 Å². The van der Waals surface area contributed by atoms with Gasteiger partial charge in [-0.25, -0.2) is 0 Å². The largest absolute Gasteiger partial charge is 0.854 e. The fourth-order valence-electron chi connectivity index (χ4n) is 1.29. The van der Waals surface area contributed by atoms with Gasteiger partial charge in [0.05, 0.1) is 0 Å². The molecule has 0 radical (unpaired) electrons. The van der Waals surface area contributed by atoms with Crippen LogP contribution in [0.1, 0.15) is 39.5 Å². The molecule has 19 heavy (non-hydrogen) atoms. The summed E-state index contributed by atoms with van der Waals surface area (Å²) in [6.45, 7) is 3.88. The molecule has 0 amide bonds. The van der Waals surface area contributed by atoms with Crippen molar-refractivity contribution in [3.8, 4) is 0 Å². The molecule has 0 aromatic carbocycles. The summed E-state index contributed by atoms with van der Waals surface area (Å²) in [5.74, 6) is 0. The van der Waals surface area contributed by atoms with E-state index in [4.69, 9.17) is 0 Å². The molecule has 2 nitrogen and oxygen atoms in total. The van der Waals surface area contributed by atoms with E-state index in [2.05, 4.69) is 36.5 Å². The van der Waals surface area contributed by atoms with E-state index in [-0.39, 0.29) is 32.4 Å². The van der Waals surface area contributed by atoms with Crippen molar-refractivity contribution in [1.29, 1.82) is 0 Å². The Labute approximate surface area is 126 Å². The predicted molar refractivity (Wildman–Crippen MR) is 74.0 cm³/mol. The fraction of sp³-hybridized carbons (Fsp3) is 0.500. The van der Waals surface area contributed by atoms with Gasteiger partial charge in [-0.2, -0.15) is 0 Å². The summed E-state index contributed by atoms with van der Waals surface area (Å²) < 4.78 is 3.36. The molecule has 0 N–H and O–H groups in total.